The molecule has 0 saturated carbocycles. The first-order valence-electron chi connectivity index (χ1n) is 5.71. The fourth-order valence-electron chi connectivity index (χ4n) is 1.31. The van der Waals surface area contributed by atoms with Crippen molar-refractivity contribution >= 4 is 6.21 Å². The Kier molecular flexibility index (Phi) is 6.47. The molecule has 0 saturated heterocycles. The van der Waals surface area contributed by atoms with Crippen molar-refractivity contribution in [3.63, 3.8) is 0 Å². The van der Waals surface area contributed by atoms with Gasteiger partial charge in [0.2, 0.25) is 0 Å². The Bertz CT molecular complexity index is 322. The molecule has 0 fully saturated rings. The number of aliphatic imine (C=N–C) groups is 1. The minimum atomic E-state index is 0.271. The molecule has 2 heteroatoms. The molecular weight excluding hydrogens is 196 g/mol. The average Bonchev–Trinajstić information content (AvgIpc) is 2.22. The molecule has 0 heterocycles. The maximum Gasteiger partial charge on any atom is 0.129 e. The Balaban J connectivity index is 5.03. The Morgan fingerprint density at radius 3 is 2.19 bits per heavy atom. The van der Waals surface area contributed by atoms with E-state index in [9.17, 15) is 0 Å². The van der Waals surface area contributed by atoms with E-state index in [4.69, 9.17) is 0 Å². The van der Waals surface area contributed by atoms with Crippen molar-refractivity contribution in [1.82, 2.24) is 5.32 Å². The maximum absolute atomic E-state index is 4.36. The molecule has 90 valence electrons. The summed E-state index contributed by atoms with van der Waals surface area (Å²) in [5.41, 5.74) is 3.25. The van der Waals surface area contributed by atoms with E-state index in [-0.39, 0.29) is 6.04 Å². The molecule has 0 bridgehead atoms. The van der Waals surface area contributed by atoms with Gasteiger partial charge in [-0.15, -0.1) is 0 Å². The van der Waals surface area contributed by atoms with Gasteiger partial charge in [0.15, 0.2) is 0 Å². The fraction of sp³-hybridized carbons (Fsp3) is 0.500. The first-order valence-corrected chi connectivity index (χ1v) is 5.71. The van der Waals surface area contributed by atoms with Crippen LogP contribution in [0.15, 0.2) is 40.7 Å². The molecule has 0 aromatic heterocycles. The van der Waals surface area contributed by atoms with E-state index in [0.29, 0.717) is 0 Å². The van der Waals surface area contributed by atoms with Crippen LogP contribution in [0.1, 0.15) is 41.0 Å². The molecule has 0 rings (SSSR count). The largest absolute Gasteiger partial charge is 0.363 e. The van der Waals surface area contributed by atoms with Gasteiger partial charge in [0, 0.05) is 12.3 Å². The van der Waals surface area contributed by atoms with Crippen LogP contribution in [0.2, 0.25) is 0 Å². The summed E-state index contributed by atoms with van der Waals surface area (Å²) in [7, 11) is 0. The average molecular weight is 220 g/mol. The number of hydrogen-bond donors (Lipinski definition) is 1. The molecule has 0 aliphatic rings. The van der Waals surface area contributed by atoms with Crippen LogP contribution in [0.4, 0.5) is 0 Å². The summed E-state index contributed by atoms with van der Waals surface area (Å²) in [4.78, 5) is 4.36. The minimum absolute atomic E-state index is 0.271. The van der Waals surface area contributed by atoms with Gasteiger partial charge < -0.3 is 5.32 Å². The van der Waals surface area contributed by atoms with Crippen LogP contribution < -0.4 is 5.32 Å². The molecule has 0 aromatic rings. The van der Waals surface area contributed by atoms with Crippen LogP contribution in [0.5, 0.6) is 0 Å². The number of rotatable bonds is 6. The molecule has 0 spiro atoms. The molecule has 0 radical (unpaired) electrons. The predicted molar refractivity (Wildman–Crippen MR) is 73.7 cm³/mol. The van der Waals surface area contributed by atoms with E-state index in [2.05, 4.69) is 30.4 Å². The van der Waals surface area contributed by atoms with Crippen molar-refractivity contribution in [3.8, 4) is 0 Å². The van der Waals surface area contributed by atoms with Crippen molar-refractivity contribution in [1.29, 1.82) is 0 Å². The van der Waals surface area contributed by atoms with E-state index < -0.39 is 0 Å². The molecule has 0 aromatic carbocycles. The SMILES string of the molecule is C=C(C)/C(C)=C(\N=CC)NC(CC)C(=C)C. The zero-order valence-electron chi connectivity index (χ0n) is 11.2. The number of nitrogens with one attached hydrogen (secondary N) is 1. The smallest absolute Gasteiger partial charge is 0.129 e. The van der Waals surface area contributed by atoms with Gasteiger partial charge in [0.05, 0.1) is 0 Å². The summed E-state index contributed by atoms with van der Waals surface area (Å²) in [6, 6.07) is 0.271. The summed E-state index contributed by atoms with van der Waals surface area (Å²) in [6.45, 7) is 18.0. The zero-order valence-corrected chi connectivity index (χ0v) is 11.2. The molecular formula is C14H24N2. The van der Waals surface area contributed by atoms with Gasteiger partial charge in [0.25, 0.3) is 0 Å². The Labute approximate surface area is 99.9 Å². The van der Waals surface area contributed by atoms with Gasteiger partial charge in [-0.2, -0.15) is 0 Å². The third-order valence-corrected chi connectivity index (χ3v) is 2.57. The van der Waals surface area contributed by atoms with E-state index in [1.807, 2.05) is 27.7 Å². The third kappa shape index (κ3) is 4.47. The first kappa shape index (κ1) is 14.7. The van der Waals surface area contributed by atoms with Crippen LogP contribution in [-0.4, -0.2) is 12.3 Å². The topological polar surface area (TPSA) is 24.4 Å². The summed E-state index contributed by atoms with van der Waals surface area (Å²) in [6.07, 6.45) is 2.79. The van der Waals surface area contributed by atoms with E-state index in [0.717, 1.165) is 29.0 Å². The van der Waals surface area contributed by atoms with Crippen molar-refractivity contribution < 1.29 is 0 Å². The molecule has 16 heavy (non-hydrogen) atoms. The highest BCUT2D eigenvalue weighted by Gasteiger charge is 2.09. The lowest BCUT2D eigenvalue weighted by Crippen LogP contribution is -2.28. The lowest BCUT2D eigenvalue weighted by molar-refractivity contribution is 0.612. The molecule has 0 aliphatic carbocycles. The molecule has 1 N–H and O–H groups in total. The summed E-state index contributed by atoms with van der Waals surface area (Å²) in [5.74, 6) is 0.893. The van der Waals surface area contributed by atoms with Crippen molar-refractivity contribution in [2.75, 3.05) is 0 Å². The van der Waals surface area contributed by atoms with Crippen LogP contribution in [-0.2, 0) is 0 Å². The Hall–Kier alpha value is -1.31. The van der Waals surface area contributed by atoms with E-state index >= 15 is 0 Å². The minimum Gasteiger partial charge on any atom is -0.363 e. The van der Waals surface area contributed by atoms with Crippen LogP contribution >= 0.6 is 0 Å². The van der Waals surface area contributed by atoms with Crippen molar-refractivity contribution in [2.45, 2.75) is 47.1 Å². The molecule has 0 aliphatic heterocycles. The Morgan fingerprint density at radius 1 is 1.31 bits per heavy atom. The van der Waals surface area contributed by atoms with Gasteiger partial charge in [-0.05, 0) is 39.7 Å². The highest BCUT2D eigenvalue weighted by molar-refractivity contribution is 5.56. The zero-order chi connectivity index (χ0) is 12.7. The van der Waals surface area contributed by atoms with Crippen molar-refractivity contribution in [2.24, 2.45) is 4.99 Å². The normalized spacial score (nSPS) is 14.6. The third-order valence-electron chi connectivity index (χ3n) is 2.57. The number of nitrogens with zero attached hydrogens (tertiary/aromatic N) is 1. The first-order chi connectivity index (χ1) is 7.43. The van der Waals surface area contributed by atoms with Crippen LogP contribution in [0.3, 0.4) is 0 Å². The monoisotopic (exact) mass is 220 g/mol. The molecule has 1 unspecified atom stereocenters. The van der Waals surface area contributed by atoms with Crippen LogP contribution in [0, 0.1) is 0 Å². The van der Waals surface area contributed by atoms with E-state index in [1.165, 1.54) is 0 Å². The predicted octanol–water partition coefficient (Wildman–Crippen LogP) is 3.83. The molecule has 2 nitrogen and oxygen atoms in total. The molecule has 1 atom stereocenters. The van der Waals surface area contributed by atoms with Crippen LogP contribution in [0.25, 0.3) is 0 Å². The number of hydrogen-bond acceptors (Lipinski definition) is 2. The summed E-state index contributed by atoms with van der Waals surface area (Å²) >= 11 is 0. The van der Waals surface area contributed by atoms with Gasteiger partial charge in [-0.25, -0.2) is 4.99 Å². The second-order valence-corrected chi connectivity index (χ2v) is 4.09. The standard InChI is InChI=1S/C14H24N2/c1-8-13(11(5)6)16-14(15-9-2)12(7)10(3)4/h9,13,16H,3,5,8H2,1-2,4,6-7H3/b14-12+,15-9?. The van der Waals surface area contributed by atoms with Gasteiger partial charge in [-0.1, -0.05) is 31.2 Å². The number of allylic oxidation sites excluding steroid dienone is 2. The maximum atomic E-state index is 4.36. The fourth-order valence-corrected chi connectivity index (χ4v) is 1.31. The second kappa shape index (κ2) is 7.04. The highest BCUT2D eigenvalue weighted by atomic mass is 15.1. The summed E-state index contributed by atoms with van der Waals surface area (Å²) in [5, 5.41) is 3.41. The highest BCUT2D eigenvalue weighted by Crippen LogP contribution is 2.14. The lowest BCUT2D eigenvalue weighted by Gasteiger charge is -2.20. The summed E-state index contributed by atoms with van der Waals surface area (Å²) < 4.78 is 0. The van der Waals surface area contributed by atoms with Gasteiger partial charge >= 0.3 is 0 Å². The quantitative estimate of drug-likeness (QED) is 0.410. The second-order valence-electron chi connectivity index (χ2n) is 4.09. The van der Waals surface area contributed by atoms with Gasteiger partial charge in [0.1, 0.15) is 5.82 Å². The van der Waals surface area contributed by atoms with E-state index in [1.54, 1.807) is 6.21 Å². The van der Waals surface area contributed by atoms with Gasteiger partial charge in [-0.3, -0.25) is 0 Å². The van der Waals surface area contributed by atoms with Crippen molar-refractivity contribution in [3.05, 3.63) is 35.7 Å². The Morgan fingerprint density at radius 2 is 1.88 bits per heavy atom. The molecule has 0 amide bonds. The lowest BCUT2D eigenvalue weighted by atomic mass is 10.1.